The van der Waals surface area contributed by atoms with Crippen molar-refractivity contribution in [3.63, 3.8) is 0 Å². The van der Waals surface area contributed by atoms with Gasteiger partial charge in [-0.25, -0.2) is 9.59 Å². The van der Waals surface area contributed by atoms with E-state index in [-0.39, 0.29) is 0 Å². The van der Waals surface area contributed by atoms with Crippen LogP contribution in [-0.2, 0) is 14.3 Å². The number of hydrogen-bond acceptors (Lipinski definition) is 4. The first-order chi connectivity index (χ1) is 8.80. The van der Waals surface area contributed by atoms with Gasteiger partial charge in [0.1, 0.15) is 11.6 Å². The topological polar surface area (TPSA) is 64.6 Å². The largest absolute Gasteiger partial charge is 0.467 e. The summed E-state index contributed by atoms with van der Waals surface area (Å²) in [6.07, 6.45) is 5.60. The molecular formula is C14H25NO4. The van der Waals surface area contributed by atoms with E-state index in [2.05, 4.69) is 17.0 Å². The lowest BCUT2D eigenvalue weighted by Gasteiger charge is -2.22. The molecule has 5 heteroatoms. The Morgan fingerprint density at radius 2 is 1.89 bits per heavy atom. The van der Waals surface area contributed by atoms with Crippen LogP contribution in [0.1, 0.15) is 47.0 Å². The van der Waals surface area contributed by atoms with Crippen molar-refractivity contribution in [1.82, 2.24) is 5.32 Å². The third kappa shape index (κ3) is 9.11. The van der Waals surface area contributed by atoms with Crippen molar-refractivity contribution in [2.75, 3.05) is 7.11 Å². The summed E-state index contributed by atoms with van der Waals surface area (Å²) in [4.78, 5) is 23.2. The average molecular weight is 271 g/mol. The second kappa shape index (κ2) is 8.56. The highest BCUT2D eigenvalue weighted by atomic mass is 16.6. The fraction of sp³-hybridized carbons (Fsp3) is 0.714. The Balaban J connectivity index is 4.43. The van der Waals surface area contributed by atoms with Gasteiger partial charge >= 0.3 is 12.1 Å². The molecular weight excluding hydrogens is 246 g/mol. The highest BCUT2D eigenvalue weighted by molar-refractivity contribution is 5.81. The van der Waals surface area contributed by atoms with Crippen LogP contribution in [0.4, 0.5) is 4.79 Å². The smallest absolute Gasteiger partial charge is 0.408 e. The molecule has 0 unspecified atom stereocenters. The van der Waals surface area contributed by atoms with Crippen molar-refractivity contribution >= 4 is 12.1 Å². The third-order valence-corrected chi connectivity index (χ3v) is 2.17. The summed E-state index contributed by atoms with van der Waals surface area (Å²) >= 11 is 0. The van der Waals surface area contributed by atoms with Crippen LogP contribution in [0.15, 0.2) is 12.2 Å². The first kappa shape index (κ1) is 17.5. The number of allylic oxidation sites excluding steroid dienone is 1. The summed E-state index contributed by atoms with van der Waals surface area (Å²) in [7, 11) is 1.29. The van der Waals surface area contributed by atoms with Gasteiger partial charge in [0, 0.05) is 0 Å². The van der Waals surface area contributed by atoms with Crippen LogP contribution in [0.25, 0.3) is 0 Å². The van der Waals surface area contributed by atoms with Crippen LogP contribution < -0.4 is 5.32 Å². The Hall–Kier alpha value is -1.52. The maximum atomic E-state index is 11.6. The van der Waals surface area contributed by atoms with E-state index in [1.165, 1.54) is 7.11 Å². The number of ether oxygens (including phenoxy) is 2. The molecule has 0 saturated carbocycles. The molecule has 0 fully saturated rings. The van der Waals surface area contributed by atoms with Crippen molar-refractivity contribution in [2.24, 2.45) is 0 Å². The second-order valence-corrected chi connectivity index (χ2v) is 5.22. The van der Waals surface area contributed by atoms with Gasteiger partial charge in [0.15, 0.2) is 0 Å². The van der Waals surface area contributed by atoms with Gasteiger partial charge in [-0.2, -0.15) is 0 Å². The summed E-state index contributed by atoms with van der Waals surface area (Å²) < 4.78 is 9.77. The average Bonchev–Trinajstić information content (AvgIpc) is 2.29. The molecule has 0 aliphatic rings. The molecule has 1 atom stereocenters. The fourth-order valence-corrected chi connectivity index (χ4v) is 1.32. The van der Waals surface area contributed by atoms with Gasteiger partial charge in [0.25, 0.3) is 0 Å². The Morgan fingerprint density at radius 1 is 1.26 bits per heavy atom. The number of carbonyl (C=O) groups excluding carboxylic acids is 2. The molecule has 0 spiro atoms. The molecule has 0 aliphatic carbocycles. The number of hydrogen-bond donors (Lipinski definition) is 1. The van der Waals surface area contributed by atoms with E-state index in [9.17, 15) is 9.59 Å². The molecule has 110 valence electrons. The van der Waals surface area contributed by atoms with E-state index >= 15 is 0 Å². The molecule has 1 amide bonds. The van der Waals surface area contributed by atoms with E-state index in [0.29, 0.717) is 6.42 Å². The van der Waals surface area contributed by atoms with Crippen molar-refractivity contribution in [1.29, 1.82) is 0 Å². The summed E-state index contributed by atoms with van der Waals surface area (Å²) in [6, 6.07) is -0.715. The van der Waals surface area contributed by atoms with E-state index < -0.39 is 23.7 Å². The lowest BCUT2D eigenvalue weighted by Crippen LogP contribution is -2.43. The number of esters is 1. The van der Waals surface area contributed by atoms with Crippen LogP contribution in [0.2, 0.25) is 0 Å². The van der Waals surface area contributed by atoms with E-state index in [1.54, 1.807) is 20.8 Å². The number of amides is 1. The number of nitrogens with one attached hydrogen (secondary N) is 1. The third-order valence-electron chi connectivity index (χ3n) is 2.17. The Bertz CT molecular complexity index is 318. The van der Waals surface area contributed by atoms with Gasteiger partial charge in [-0.15, -0.1) is 0 Å². The first-order valence-corrected chi connectivity index (χ1v) is 6.52. The Labute approximate surface area is 115 Å². The molecule has 0 bridgehead atoms. The lowest BCUT2D eigenvalue weighted by molar-refractivity contribution is -0.143. The molecule has 0 aliphatic heterocycles. The van der Waals surface area contributed by atoms with Crippen molar-refractivity contribution < 1.29 is 19.1 Å². The molecule has 0 aromatic heterocycles. The van der Waals surface area contributed by atoms with Crippen LogP contribution in [0.5, 0.6) is 0 Å². The molecule has 0 aromatic carbocycles. The fourth-order valence-electron chi connectivity index (χ4n) is 1.32. The predicted octanol–water partition coefficient (Wildman–Crippen LogP) is 2.80. The Kier molecular flexibility index (Phi) is 7.87. The van der Waals surface area contributed by atoms with Crippen molar-refractivity contribution in [3.8, 4) is 0 Å². The highest BCUT2D eigenvalue weighted by Crippen LogP contribution is 2.08. The first-order valence-electron chi connectivity index (χ1n) is 6.52. The minimum atomic E-state index is -0.715. The number of unbranched alkanes of at least 4 members (excludes halogenated alkanes) is 1. The Morgan fingerprint density at radius 3 is 2.37 bits per heavy atom. The zero-order valence-electron chi connectivity index (χ0n) is 12.5. The van der Waals surface area contributed by atoms with Gasteiger partial charge in [-0.05, 0) is 33.6 Å². The molecule has 0 rings (SSSR count). The van der Waals surface area contributed by atoms with Gasteiger partial charge in [0.2, 0.25) is 0 Å². The zero-order valence-corrected chi connectivity index (χ0v) is 12.5. The molecule has 0 aromatic rings. The summed E-state index contributed by atoms with van der Waals surface area (Å²) in [5.74, 6) is -0.480. The number of carbonyl (C=O) groups is 2. The minimum Gasteiger partial charge on any atom is -0.467 e. The molecule has 19 heavy (non-hydrogen) atoms. The predicted molar refractivity (Wildman–Crippen MR) is 73.8 cm³/mol. The molecule has 1 N–H and O–H groups in total. The quantitative estimate of drug-likeness (QED) is 0.596. The molecule has 5 nitrogen and oxygen atoms in total. The standard InChI is InChI=1S/C14H25NO4/c1-6-7-8-9-10-11(12(16)18-5)15-13(17)19-14(2,3)4/h8-9,11H,6-7,10H2,1-5H3,(H,15,17)/b9-8+/t11-/m0/s1. The maximum Gasteiger partial charge on any atom is 0.408 e. The molecule has 0 saturated heterocycles. The van der Waals surface area contributed by atoms with Crippen LogP contribution >= 0.6 is 0 Å². The zero-order chi connectivity index (χ0) is 14.9. The van der Waals surface area contributed by atoms with Crippen molar-refractivity contribution in [2.45, 2.75) is 58.6 Å². The van der Waals surface area contributed by atoms with Crippen LogP contribution in [0, 0.1) is 0 Å². The highest BCUT2D eigenvalue weighted by Gasteiger charge is 2.23. The van der Waals surface area contributed by atoms with Crippen LogP contribution in [0.3, 0.4) is 0 Å². The molecule has 0 radical (unpaired) electrons. The lowest BCUT2D eigenvalue weighted by atomic mass is 10.2. The monoisotopic (exact) mass is 271 g/mol. The van der Waals surface area contributed by atoms with Crippen LogP contribution in [-0.4, -0.2) is 30.8 Å². The van der Waals surface area contributed by atoms with E-state index in [4.69, 9.17) is 4.74 Å². The second-order valence-electron chi connectivity index (χ2n) is 5.22. The summed E-state index contributed by atoms with van der Waals surface area (Å²) in [5.41, 5.74) is -0.594. The van der Waals surface area contributed by atoms with Gasteiger partial charge in [-0.3, -0.25) is 0 Å². The summed E-state index contributed by atoms with van der Waals surface area (Å²) in [6.45, 7) is 7.36. The normalized spacial score (nSPS) is 13.1. The van der Waals surface area contributed by atoms with E-state index in [0.717, 1.165) is 12.8 Å². The summed E-state index contributed by atoms with van der Waals surface area (Å²) in [5, 5.41) is 2.51. The van der Waals surface area contributed by atoms with Gasteiger partial charge in [0.05, 0.1) is 7.11 Å². The van der Waals surface area contributed by atoms with E-state index in [1.807, 2.05) is 12.2 Å². The van der Waals surface area contributed by atoms with Gasteiger partial charge in [-0.1, -0.05) is 25.5 Å². The van der Waals surface area contributed by atoms with Gasteiger partial charge < -0.3 is 14.8 Å². The maximum absolute atomic E-state index is 11.6. The number of alkyl carbamates (subject to hydrolysis) is 1. The minimum absolute atomic E-state index is 0.395. The van der Waals surface area contributed by atoms with Crippen molar-refractivity contribution in [3.05, 3.63) is 12.2 Å². The number of methoxy groups -OCH3 is 1. The molecule has 0 heterocycles. The SMILES string of the molecule is CCC/C=C/C[C@H](NC(=O)OC(C)(C)C)C(=O)OC. The number of rotatable bonds is 6.